The first-order valence-electron chi connectivity index (χ1n) is 10.3. The second-order valence-electron chi connectivity index (χ2n) is 8.42. The number of non-ortho nitro benzene ring substituents is 1. The van der Waals surface area contributed by atoms with Crippen LogP contribution >= 0.6 is 0 Å². The summed E-state index contributed by atoms with van der Waals surface area (Å²) in [4.78, 5) is 22.5. The molecule has 0 aliphatic heterocycles. The van der Waals surface area contributed by atoms with Crippen LogP contribution in [0.4, 0.5) is 5.69 Å². The Morgan fingerprint density at radius 2 is 1.90 bits per heavy atom. The molecule has 2 fully saturated rings. The van der Waals surface area contributed by atoms with Gasteiger partial charge < -0.3 is 9.50 Å². The quantitative estimate of drug-likeness (QED) is 0.393. The molecule has 0 heterocycles. The fourth-order valence-electron chi connectivity index (χ4n) is 4.89. The third-order valence-electron chi connectivity index (χ3n) is 6.43. The molecular weight excluding hydrogens is 420 g/mol. The lowest BCUT2D eigenvalue weighted by Gasteiger charge is -2.28. The molecule has 2 saturated carbocycles. The highest BCUT2D eigenvalue weighted by atomic mass is 32.2. The minimum Gasteiger partial charge on any atom is -0.379 e. The Hall–Kier alpha value is -2.94. The average Bonchev–Trinajstić information content (AvgIpc) is 3.38. The summed E-state index contributed by atoms with van der Waals surface area (Å²) in [7, 11) is -4.24. The fraction of sp³-hybridized carbons (Fsp3) is 0.409. The van der Waals surface area contributed by atoms with Crippen LogP contribution < -0.4 is 9.50 Å². The van der Waals surface area contributed by atoms with Gasteiger partial charge in [-0.2, -0.15) is 8.42 Å². The first-order valence-corrected chi connectivity index (χ1v) is 11.7. The van der Waals surface area contributed by atoms with E-state index in [1.54, 1.807) is 0 Å². The lowest BCUT2D eigenvalue weighted by molar-refractivity contribution is -0.385. The summed E-state index contributed by atoms with van der Waals surface area (Å²) in [5, 5.41) is 13.9. The van der Waals surface area contributed by atoms with Crippen LogP contribution in [0.2, 0.25) is 0 Å². The van der Waals surface area contributed by atoms with E-state index >= 15 is 0 Å². The van der Waals surface area contributed by atoms with Crippen LogP contribution in [0.25, 0.3) is 0 Å². The summed E-state index contributed by atoms with van der Waals surface area (Å²) in [5.74, 6) is 1.84. The molecule has 2 aromatic rings. The van der Waals surface area contributed by atoms with Crippen molar-refractivity contribution >= 4 is 21.7 Å². The van der Waals surface area contributed by atoms with Gasteiger partial charge in [-0.05, 0) is 74.3 Å². The number of rotatable bonds is 7. The molecule has 2 aliphatic carbocycles. The number of nitro groups is 1. The number of nitrogens with one attached hydrogen (secondary N) is 1. The maximum absolute atomic E-state index is 12.6. The van der Waals surface area contributed by atoms with Gasteiger partial charge in [0.05, 0.1) is 4.92 Å². The number of hydrogen-bond acceptors (Lipinski definition) is 6. The van der Waals surface area contributed by atoms with Gasteiger partial charge in [0.15, 0.2) is 0 Å². The van der Waals surface area contributed by atoms with Crippen molar-refractivity contribution in [2.45, 2.75) is 43.5 Å². The van der Waals surface area contributed by atoms with Crippen molar-refractivity contribution in [1.82, 2.24) is 5.32 Å². The molecule has 31 heavy (non-hydrogen) atoms. The summed E-state index contributed by atoms with van der Waals surface area (Å²) in [6.07, 6.45) is 5.01. The summed E-state index contributed by atoms with van der Waals surface area (Å²) in [6.45, 7) is 2.05. The Bertz CT molecular complexity index is 1100. The van der Waals surface area contributed by atoms with E-state index in [0.29, 0.717) is 17.4 Å². The minimum absolute atomic E-state index is 0.0178. The summed E-state index contributed by atoms with van der Waals surface area (Å²) < 4.78 is 29.9. The highest BCUT2D eigenvalue weighted by molar-refractivity contribution is 7.87. The molecule has 1 amide bonds. The number of benzene rings is 2. The number of nitrogens with zero attached hydrogens (tertiary/aromatic N) is 1. The Balaban J connectivity index is 1.40. The zero-order chi connectivity index (χ0) is 22.2. The fourth-order valence-corrected chi connectivity index (χ4v) is 5.86. The van der Waals surface area contributed by atoms with E-state index in [9.17, 15) is 23.3 Å². The number of carbonyl (C=O) groups excluding carboxylic acids is 1. The van der Waals surface area contributed by atoms with E-state index in [-0.39, 0.29) is 28.3 Å². The molecule has 0 aromatic heterocycles. The van der Waals surface area contributed by atoms with Crippen molar-refractivity contribution in [2.75, 3.05) is 0 Å². The second kappa shape index (κ2) is 8.30. The molecule has 4 atom stereocenters. The predicted molar refractivity (Wildman–Crippen MR) is 113 cm³/mol. The summed E-state index contributed by atoms with van der Waals surface area (Å²) in [6, 6.07) is 10.5. The predicted octanol–water partition coefficient (Wildman–Crippen LogP) is 3.92. The normalized spacial score (nSPS) is 23.3. The monoisotopic (exact) mass is 444 g/mol. The number of amides is 1. The number of fused-ring (bicyclic) bond motifs is 2. The Morgan fingerprint density at radius 3 is 2.52 bits per heavy atom. The van der Waals surface area contributed by atoms with Gasteiger partial charge in [0.1, 0.15) is 10.6 Å². The lowest BCUT2D eigenvalue weighted by Crippen LogP contribution is -2.40. The van der Waals surface area contributed by atoms with Crippen LogP contribution in [0, 0.1) is 27.9 Å². The van der Waals surface area contributed by atoms with Gasteiger partial charge in [0.2, 0.25) is 0 Å². The van der Waals surface area contributed by atoms with Crippen molar-refractivity contribution in [1.29, 1.82) is 0 Å². The van der Waals surface area contributed by atoms with Crippen molar-refractivity contribution in [2.24, 2.45) is 17.8 Å². The van der Waals surface area contributed by atoms with Gasteiger partial charge in [-0.15, -0.1) is 0 Å². The number of nitro benzene ring substituents is 1. The molecule has 2 bridgehead atoms. The smallest absolute Gasteiger partial charge is 0.339 e. The third kappa shape index (κ3) is 4.56. The zero-order valence-electron chi connectivity index (χ0n) is 17.1. The van der Waals surface area contributed by atoms with Crippen LogP contribution in [0.3, 0.4) is 0 Å². The van der Waals surface area contributed by atoms with Gasteiger partial charge >= 0.3 is 10.1 Å². The van der Waals surface area contributed by atoms with E-state index in [1.807, 2.05) is 6.92 Å². The van der Waals surface area contributed by atoms with Crippen LogP contribution in [-0.4, -0.2) is 25.3 Å². The highest BCUT2D eigenvalue weighted by Crippen LogP contribution is 2.49. The van der Waals surface area contributed by atoms with Crippen molar-refractivity contribution in [3.63, 3.8) is 0 Å². The van der Waals surface area contributed by atoms with Crippen molar-refractivity contribution < 1.29 is 22.3 Å². The molecular formula is C22H24N2O6S. The van der Waals surface area contributed by atoms with Crippen molar-refractivity contribution in [3.8, 4) is 5.75 Å². The molecule has 0 spiro atoms. The molecule has 9 heteroatoms. The SMILES string of the molecule is C[C@@H](NC(=O)c1ccc(OS(=O)(=O)c2cccc([N+](=O)[O-])c2)cc1)[C@@H]1C[C@H]2CC[C@H]1C2. The van der Waals surface area contributed by atoms with Crippen LogP contribution in [0.15, 0.2) is 53.4 Å². The highest BCUT2D eigenvalue weighted by Gasteiger charge is 2.42. The molecule has 1 N–H and O–H groups in total. The molecule has 0 radical (unpaired) electrons. The van der Waals surface area contributed by atoms with Gasteiger partial charge in [0.25, 0.3) is 11.6 Å². The summed E-state index contributed by atoms with van der Waals surface area (Å²) >= 11 is 0. The number of carbonyl (C=O) groups is 1. The van der Waals surface area contributed by atoms with Crippen LogP contribution in [0.5, 0.6) is 5.75 Å². The Labute approximate surface area is 180 Å². The third-order valence-corrected chi connectivity index (χ3v) is 7.68. The van der Waals surface area contributed by atoms with E-state index in [0.717, 1.165) is 12.0 Å². The first-order chi connectivity index (χ1) is 14.7. The molecule has 8 nitrogen and oxygen atoms in total. The average molecular weight is 445 g/mol. The van der Waals surface area contributed by atoms with Gasteiger partial charge in [0, 0.05) is 23.7 Å². The molecule has 0 unspecified atom stereocenters. The first kappa shape index (κ1) is 21.3. The van der Waals surface area contributed by atoms with Gasteiger partial charge in [-0.25, -0.2) is 0 Å². The second-order valence-corrected chi connectivity index (χ2v) is 9.96. The van der Waals surface area contributed by atoms with E-state index in [4.69, 9.17) is 4.18 Å². The van der Waals surface area contributed by atoms with Crippen molar-refractivity contribution in [3.05, 3.63) is 64.2 Å². The maximum atomic E-state index is 12.6. The standard InChI is InChI=1S/C22H24N2O6S/c1-14(21-12-15-5-6-17(21)11-15)23-22(25)16-7-9-19(10-8-16)30-31(28,29)20-4-2-3-18(13-20)24(26)27/h2-4,7-10,13-15,17,21H,5-6,11-12H2,1H3,(H,23,25)/t14-,15+,17+,21+/m1/s1. The van der Waals surface area contributed by atoms with Crippen LogP contribution in [0.1, 0.15) is 43.0 Å². The molecule has 4 rings (SSSR count). The zero-order valence-corrected chi connectivity index (χ0v) is 17.9. The summed E-state index contributed by atoms with van der Waals surface area (Å²) in [5.41, 5.74) is 0.0661. The molecule has 0 saturated heterocycles. The molecule has 2 aromatic carbocycles. The van der Waals surface area contributed by atoms with Gasteiger partial charge in [-0.3, -0.25) is 14.9 Å². The van der Waals surface area contributed by atoms with Crippen LogP contribution in [-0.2, 0) is 10.1 Å². The van der Waals surface area contributed by atoms with E-state index in [2.05, 4.69) is 5.32 Å². The van der Waals surface area contributed by atoms with E-state index in [1.165, 1.54) is 68.1 Å². The molecule has 2 aliphatic rings. The van der Waals surface area contributed by atoms with Gasteiger partial charge in [-0.1, -0.05) is 12.5 Å². The number of hydrogen-bond donors (Lipinski definition) is 1. The minimum atomic E-state index is -4.24. The topological polar surface area (TPSA) is 116 Å². The molecule has 164 valence electrons. The Kier molecular flexibility index (Phi) is 5.70. The Morgan fingerprint density at radius 1 is 1.16 bits per heavy atom. The maximum Gasteiger partial charge on any atom is 0.339 e. The van der Waals surface area contributed by atoms with E-state index < -0.39 is 15.0 Å². The largest absolute Gasteiger partial charge is 0.379 e. The lowest BCUT2D eigenvalue weighted by atomic mass is 9.84.